The SMILES string of the molecule is CCCCCCCC/C=C\CCCCCCCC(=O)C[C@@H](C)[C@@H](CCNC(N)=NC)C(=O)NCCCCCCCCCCCCCCCC. The number of nitrogens with zero attached hydrogens (tertiary/aromatic N) is 1. The van der Waals surface area contributed by atoms with Crippen LogP contribution in [0.3, 0.4) is 0 Å². The summed E-state index contributed by atoms with van der Waals surface area (Å²) >= 11 is 0. The highest BCUT2D eigenvalue weighted by atomic mass is 16.2. The van der Waals surface area contributed by atoms with Crippen LogP contribution < -0.4 is 16.4 Å². The molecule has 288 valence electrons. The predicted molar refractivity (Wildman–Crippen MR) is 215 cm³/mol. The zero-order valence-corrected chi connectivity index (χ0v) is 33.3. The molecule has 0 spiro atoms. The Balaban J connectivity index is 4.14. The van der Waals surface area contributed by atoms with Gasteiger partial charge < -0.3 is 16.4 Å². The van der Waals surface area contributed by atoms with Crippen molar-refractivity contribution in [3.63, 3.8) is 0 Å². The van der Waals surface area contributed by atoms with Crippen LogP contribution in [0, 0.1) is 11.8 Å². The van der Waals surface area contributed by atoms with Crippen molar-refractivity contribution in [1.82, 2.24) is 10.6 Å². The fourth-order valence-electron chi connectivity index (χ4n) is 6.77. The van der Waals surface area contributed by atoms with Crippen molar-refractivity contribution in [1.29, 1.82) is 0 Å². The molecule has 0 aromatic heterocycles. The van der Waals surface area contributed by atoms with E-state index in [1.165, 1.54) is 148 Å². The van der Waals surface area contributed by atoms with Gasteiger partial charge in [-0.15, -0.1) is 0 Å². The molecule has 4 N–H and O–H groups in total. The zero-order valence-electron chi connectivity index (χ0n) is 33.3. The van der Waals surface area contributed by atoms with E-state index >= 15 is 0 Å². The average molecular weight is 689 g/mol. The molecule has 0 radical (unpaired) electrons. The fourth-order valence-corrected chi connectivity index (χ4v) is 6.77. The monoisotopic (exact) mass is 689 g/mol. The van der Waals surface area contributed by atoms with Gasteiger partial charge in [0.05, 0.1) is 0 Å². The first-order valence-corrected chi connectivity index (χ1v) is 21.4. The zero-order chi connectivity index (χ0) is 36.0. The number of carbonyl (C=O) groups is 2. The Morgan fingerprint density at radius 1 is 0.592 bits per heavy atom. The maximum absolute atomic E-state index is 13.2. The molecule has 0 fully saturated rings. The first kappa shape index (κ1) is 47.1. The largest absolute Gasteiger partial charge is 0.370 e. The maximum atomic E-state index is 13.2. The van der Waals surface area contributed by atoms with Crippen LogP contribution >= 0.6 is 0 Å². The van der Waals surface area contributed by atoms with Crippen molar-refractivity contribution >= 4 is 17.6 Å². The number of nitrogens with one attached hydrogen (secondary N) is 2. The van der Waals surface area contributed by atoms with Crippen LogP contribution in [-0.4, -0.2) is 37.8 Å². The molecular weight excluding hydrogens is 604 g/mol. The number of guanidine groups is 1. The van der Waals surface area contributed by atoms with Crippen molar-refractivity contribution in [3.05, 3.63) is 12.2 Å². The standard InChI is InChI=1S/C43H84N4O2/c1-5-7-9-11-13-15-17-19-21-22-24-26-28-30-32-34-40(48)38-39(3)41(35-37-47-43(44)45-4)42(49)46-36-33-31-29-27-25-23-20-18-16-14-12-10-8-6-2/h19,21,39,41H,5-18,20,22-38H2,1-4H3,(H,46,49)(H3,44,45,47)/b21-19-/t39-,41-/m1/s1. The van der Waals surface area contributed by atoms with Crippen LogP contribution in [0.1, 0.15) is 213 Å². The Bertz CT molecular complexity index is 797. The number of Topliss-reactive ketones (excluding diaryl/α,β-unsaturated/α-hetero) is 1. The van der Waals surface area contributed by atoms with Crippen LogP contribution in [0.15, 0.2) is 17.1 Å². The summed E-state index contributed by atoms with van der Waals surface area (Å²) in [4.78, 5) is 30.1. The molecule has 0 unspecified atom stereocenters. The third kappa shape index (κ3) is 33.1. The summed E-state index contributed by atoms with van der Waals surface area (Å²) in [7, 11) is 1.65. The molecule has 2 atom stereocenters. The molecule has 0 saturated heterocycles. The lowest BCUT2D eigenvalue weighted by Crippen LogP contribution is -2.39. The van der Waals surface area contributed by atoms with Crippen LogP contribution in [0.25, 0.3) is 0 Å². The Morgan fingerprint density at radius 2 is 1.02 bits per heavy atom. The Kier molecular flexibility index (Phi) is 36.0. The topological polar surface area (TPSA) is 96.6 Å². The minimum atomic E-state index is -0.207. The normalized spacial score (nSPS) is 13.2. The molecule has 0 aromatic rings. The molecule has 0 heterocycles. The molecule has 0 rings (SSSR count). The molecule has 6 heteroatoms. The van der Waals surface area contributed by atoms with Crippen molar-refractivity contribution in [2.75, 3.05) is 20.1 Å². The number of rotatable bonds is 37. The number of ketones is 1. The van der Waals surface area contributed by atoms with Gasteiger partial charge in [-0.3, -0.25) is 14.6 Å². The van der Waals surface area contributed by atoms with E-state index in [1.807, 2.05) is 0 Å². The smallest absolute Gasteiger partial charge is 0.223 e. The van der Waals surface area contributed by atoms with Crippen LogP contribution in [0.2, 0.25) is 0 Å². The first-order chi connectivity index (χ1) is 24.0. The van der Waals surface area contributed by atoms with Crippen molar-refractivity contribution in [2.45, 2.75) is 213 Å². The first-order valence-electron chi connectivity index (χ1n) is 21.4. The van der Waals surface area contributed by atoms with Gasteiger partial charge >= 0.3 is 0 Å². The lowest BCUT2D eigenvalue weighted by Gasteiger charge is -2.23. The maximum Gasteiger partial charge on any atom is 0.223 e. The van der Waals surface area contributed by atoms with E-state index in [-0.39, 0.29) is 23.5 Å². The summed E-state index contributed by atoms with van der Waals surface area (Å²) < 4.78 is 0. The average Bonchev–Trinajstić information content (AvgIpc) is 3.09. The van der Waals surface area contributed by atoms with Gasteiger partial charge in [0.2, 0.25) is 5.91 Å². The summed E-state index contributed by atoms with van der Waals surface area (Å²) in [5, 5.41) is 6.28. The highest BCUT2D eigenvalue weighted by Gasteiger charge is 2.26. The molecule has 0 aliphatic carbocycles. The van der Waals surface area contributed by atoms with Gasteiger partial charge in [0.1, 0.15) is 5.78 Å². The molecule has 1 amide bonds. The summed E-state index contributed by atoms with van der Waals surface area (Å²) in [6, 6.07) is 0. The van der Waals surface area contributed by atoms with E-state index in [0.29, 0.717) is 31.8 Å². The Hall–Kier alpha value is -1.85. The van der Waals surface area contributed by atoms with E-state index in [0.717, 1.165) is 32.2 Å². The van der Waals surface area contributed by atoms with Gasteiger partial charge in [0.15, 0.2) is 5.96 Å². The molecule has 0 bridgehead atoms. The second kappa shape index (κ2) is 37.4. The quantitative estimate of drug-likeness (QED) is 0.0262. The van der Waals surface area contributed by atoms with Crippen LogP contribution in [0.4, 0.5) is 0 Å². The molecule has 0 aliphatic heterocycles. The Labute approximate surface area is 305 Å². The Morgan fingerprint density at radius 3 is 1.49 bits per heavy atom. The van der Waals surface area contributed by atoms with Gasteiger partial charge in [-0.2, -0.15) is 0 Å². The number of hydrogen-bond donors (Lipinski definition) is 3. The number of unbranched alkanes of at least 4 members (excludes halogenated alkanes) is 24. The van der Waals surface area contributed by atoms with E-state index in [1.54, 1.807) is 7.05 Å². The number of hydrogen-bond acceptors (Lipinski definition) is 3. The van der Waals surface area contributed by atoms with Gasteiger partial charge in [0, 0.05) is 38.9 Å². The van der Waals surface area contributed by atoms with Gasteiger partial charge in [-0.05, 0) is 50.9 Å². The number of amides is 1. The van der Waals surface area contributed by atoms with E-state index < -0.39 is 0 Å². The van der Waals surface area contributed by atoms with Gasteiger partial charge in [-0.1, -0.05) is 168 Å². The molecule has 49 heavy (non-hydrogen) atoms. The lowest BCUT2D eigenvalue weighted by molar-refractivity contribution is -0.127. The lowest BCUT2D eigenvalue weighted by atomic mass is 9.85. The fraction of sp³-hybridized carbons (Fsp3) is 0.884. The van der Waals surface area contributed by atoms with Gasteiger partial charge in [-0.25, -0.2) is 0 Å². The third-order valence-corrected chi connectivity index (χ3v) is 10.1. The minimum Gasteiger partial charge on any atom is -0.370 e. The highest BCUT2D eigenvalue weighted by Crippen LogP contribution is 2.22. The second-order valence-electron chi connectivity index (χ2n) is 14.9. The van der Waals surface area contributed by atoms with Gasteiger partial charge in [0.25, 0.3) is 0 Å². The van der Waals surface area contributed by atoms with E-state index in [9.17, 15) is 9.59 Å². The predicted octanol–water partition coefficient (Wildman–Crippen LogP) is 11.8. The van der Waals surface area contributed by atoms with Crippen molar-refractivity contribution in [3.8, 4) is 0 Å². The second-order valence-corrected chi connectivity index (χ2v) is 14.9. The summed E-state index contributed by atoms with van der Waals surface area (Å²) in [5.41, 5.74) is 5.82. The third-order valence-electron chi connectivity index (χ3n) is 10.1. The number of aliphatic imine (C=N–C) groups is 1. The van der Waals surface area contributed by atoms with E-state index in [4.69, 9.17) is 5.73 Å². The summed E-state index contributed by atoms with van der Waals surface area (Å²) in [5.74, 6) is 0.548. The molecule has 0 aromatic carbocycles. The van der Waals surface area contributed by atoms with Crippen LogP contribution in [-0.2, 0) is 9.59 Å². The summed E-state index contributed by atoms with van der Waals surface area (Å²) in [6.45, 7) is 7.90. The summed E-state index contributed by atoms with van der Waals surface area (Å²) in [6.07, 6.45) is 41.4. The molecule has 6 nitrogen and oxygen atoms in total. The molecule has 0 saturated carbocycles. The van der Waals surface area contributed by atoms with Crippen molar-refractivity contribution in [2.24, 2.45) is 22.6 Å². The van der Waals surface area contributed by atoms with E-state index in [2.05, 4.69) is 48.5 Å². The molecule has 0 aliphatic rings. The number of allylic oxidation sites excluding steroid dienone is 2. The molecular formula is C43H84N4O2. The minimum absolute atomic E-state index is 0.00792. The number of carbonyl (C=O) groups excluding carboxylic acids is 2. The van der Waals surface area contributed by atoms with Crippen LogP contribution in [0.5, 0.6) is 0 Å². The number of nitrogens with two attached hydrogens (primary N) is 1. The van der Waals surface area contributed by atoms with Crippen molar-refractivity contribution < 1.29 is 9.59 Å². The highest BCUT2D eigenvalue weighted by molar-refractivity contribution is 5.82.